The van der Waals surface area contributed by atoms with Crippen LogP contribution in [0.25, 0.3) is 0 Å². The van der Waals surface area contributed by atoms with E-state index in [2.05, 4.69) is 35.8 Å². The maximum atomic E-state index is 12.6. The number of hydrogen-bond acceptors (Lipinski definition) is 7. The number of aromatic nitrogens is 5. The molecule has 0 aliphatic carbocycles. The minimum atomic E-state index is -0.158. The number of aryl methyl sites for hydroxylation is 3. The van der Waals surface area contributed by atoms with Crippen LogP contribution in [-0.4, -0.2) is 43.4 Å². The number of H-pyrrole nitrogens is 1. The smallest absolute Gasteiger partial charge is 0.253 e. The summed E-state index contributed by atoms with van der Waals surface area (Å²) in [7, 11) is 0. The second kappa shape index (κ2) is 8.63. The summed E-state index contributed by atoms with van der Waals surface area (Å²) in [6.45, 7) is 6.17. The molecule has 2 heterocycles. The third-order valence-electron chi connectivity index (χ3n) is 3.60. The summed E-state index contributed by atoms with van der Waals surface area (Å²) < 4.78 is 0. The monoisotopic (exact) mass is 383 g/mol. The molecular weight excluding hydrogens is 362 g/mol. The number of nitrogens with one attached hydrogen (secondary N) is 3. The first kappa shape index (κ1) is 18.8. The summed E-state index contributed by atoms with van der Waals surface area (Å²) >= 11 is 1.48. The van der Waals surface area contributed by atoms with E-state index in [0.29, 0.717) is 34.7 Å². The Balaban J connectivity index is 1.61. The number of carbonyl (C=O) groups is 1. The van der Waals surface area contributed by atoms with Crippen LogP contribution in [0, 0.1) is 20.8 Å². The number of para-hydroxylation sites is 1. The second-order valence-electron chi connectivity index (χ2n) is 5.95. The number of rotatable bonds is 7. The summed E-state index contributed by atoms with van der Waals surface area (Å²) in [5.41, 5.74) is 2.94. The van der Waals surface area contributed by atoms with Gasteiger partial charge in [0.05, 0.1) is 11.3 Å². The molecule has 140 valence electrons. The SMILES string of the molecule is Cc1cc(C)nc(Nc2ccccc2C(=O)NCCSc2n[nH]c(C)n2)n1. The third-order valence-corrected chi connectivity index (χ3v) is 4.44. The van der Waals surface area contributed by atoms with Gasteiger partial charge in [-0.25, -0.2) is 15.0 Å². The summed E-state index contributed by atoms with van der Waals surface area (Å²) in [4.78, 5) is 25.5. The fourth-order valence-corrected chi connectivity index (χ4v) is 3.18. The summed E-state index contributed by atoms with van der Waals surface area (Å²) in [5.74, 6) is 1.77. The van der Waals surface area contributed by atoms with E-state index in [1.165, 1.54) is 11.8 Å². The van der Waals surface area contributed by atoms with Crippen LogP contribution in [-0.2, 0) is 0 Å². The first-order valence-corrected chi connectivity index (χ1v) is 9.48. The summed E-state index contributed by atoms with van der Waals surface area (Å²) in [6, 6.07) is 9.20. The van der Waals surface area contributed by atoms with E-state index in [4.69, 9.17) is 0 Å². The lowest BCUT2D eigenvalue weighted by molar-refractivity contribution is 0.0957. The highest BCUT2D eigenvalue weighted by molar-refractivity contribution is 7.99. The van der Waals surface area contributed by atoms with Gasteiger partial charge in [-0.2, -0.15) is 0 Å². The molecule has 3 N–H and O–H groups in total. The van der Waals surface area contributed by atoms with Gasteiger partial charge >= 0.3 is 0 Å². The normalized spacial score (nSPS) is 10.6. The van der Waals surface area contributed by atoms with Gasteiger partial charge in [0.25, 0.3) is 5.91 Å². The molecule has 9 heteroatoms. The van der Waals surface area contributed by atoms with Crippen LogP contribution < -0.4 is 10.6 Å². The number of benzene rings is 1. The molecule has 0 atom stereocenters. The van der Waals surface area contributed by atoms with Crippen LogP contribution in [0.2, 0.25) is 0 Å². The van der Waals surface area contributed by atoms with E-state index in [-0.39, 0.29) is 5.91 Å². The zero-order valence-corrected chi connectivity index (χ0v) is 16.2. The highest BCUT2D eigenvalue weighted by atomic mass is 32.2. The van der Waals surface area contributed by atoms with Crippen molar-refractivity contribution in [2.24, 2.45) is 0 Å². The van der Waals surface area contributed by atoms with E-state index >= 15 is 0 Å². The zero-order chi connectivity index (χ0) is 19.2. The first-order valence-electron chi connectivity index (χ1n) is 8.49. The maximum Gasteiger partial charge on any atom is 0.253 e. The molecule has 0 fully saturated rings. The second-order valence-corrected chi connectivity index (χ2v) is 7.01. The lowest BCUT2D eigenvalue weighted by Crippen LogP contribution is -2.26. The average molecular weight is 383 g/mol. The largest absolute Gasteiger partial charge is 0.351 e. The van der Waals surface area contributed by atoms with Crippen LogP contribution in [0.1, 0.15) is 27.6 Å². The average Bonchev–Trinajstić information content (AvgIpc) is 3.03. The third kappa shape index (κ3) is 5.27. The van der Waals surface area contributed by atoms with Gasteiger partial charge in [-0.3, -0.25) is 9.89 Å². The molecule has 8 nitrogen and oxygen atoms in total. The molecule has 0 bridgehead atoms. The minimum Gasteiger partial charge on any atom is -0.351 e. The molecule has 0 unspecified atom stereocenters. The number of nitrogens with zero attached hydrogens (tertiary/aromatic N) is 4. The number of anilines is 2. The Morgan fingerprint density at radius 2 is 1.85 bits per heavy atom. The predicted molar refractivity (Wildman–Crippen MR) is 105 cm³/mol. The number of carbonyl (C=O) groups excluding carboxylic acids is 1. The van der Waals surface area contributed by atoms with Gasteiger partial charge in [0.15, 0.2) is 0 Å². The molecule has 0 radical (unpaired) electrons. The minimum absolute atomic E-state index is 0.158. The predicted octanol–water partition coefficient (Wildman–Crippen LogP) is 2.79. The van der Waals surface area contributed by atoms with Gasteiger partial charge in [-0.1, -0.05) is 23.9 Å². The molecule has 2 aromatic heterocycles. The van der Waals surface area contributed by atoms with Crippen LogP contribution >= 0.6 is 11.8 Å². The van der Waals surface area contributed by atoms with Crippen LogP contribution in [0.3, 0.4) is 0 Å². The van der Waals surface area contributed by atoms with Crippen molar-refractivity contribution in [3.8, 4) is 0 Å². The van der Waals surface area contributed by atoms with Crippen LogP contribution in [0.5, 0.6) is 0 Å². The van der Waals surface area contributed by atoms with Gasteiger partial charge in [0.2, 0.25) is 11.1 Å². The molecule has 0 aliphatic rings. The molecule has 0 spiro atoms. The molecule has 0 aliphatic heterocycles. The van der Waals surface area contributed by atoms with E-state index in [1.807, 2.05) is 45.0 Å². The van der Waals surface area contributed by atoms with Gasteiger partial charge in [0, 0.05) is 23.7 Å². The molecule has 27 heavy (non-hydrogen) atoms. The Hall–Kier alpha value is -2.94. The zero-order valence-electron chi connectivity index (χ0n) is 15.4. The number of amides is 1. The van der Waals surface area contributed by atoms with E-state index in [9.17, 15) is 4.79 Å². The Labute approximate surface area is 161 Å². The van der Waals surface area contributed by atoms with E-state index in [1.54, 1.807) is 6.07 Å². The van der Waals surface area contributed by atoms with Crippen molar-refractivity contribution in [1.82, 2.24) is 30.5 Å². The molecule has 0 saturated heterocycles. The quantitative estimate of drug-likeness (QED) is 0.425. The Morgan fingerprint density at radius 1 is 1.11 bits per heavy atom. The van der Waals surface area contributed by atoms with E-state index < -0.39 is 0 Å². The van der Waals surface area contributed by atoms with Crippen molar-refractivity contribution < 1.29 is 4.79 Å². The van der Waals surface area contributed by atoms with Crippen molar-refractivity contribution in [3.05, 3.63) is 53.1 Å². The van der Waals surface area contributed by atoms with Gasteiger partial charge in [0.1, 0.15) is 5.82 Å². The highest BCUT2D eigenvalue weighted by Crippen LogP contribution is 2.19. The van der Waals surface area contributed by atoms with Crippen molar-refractivity contribution in [1.29, 1.82) is 0 Å². The van der Waals surface area contributed by atoms with Gasteiger partial charge < -0.3 is 10.6 Å². The van der Waals surface area contributed by atoms with Crippen molar-refractivity contribution in [2.45, 2.75) is 25.9 Å². The standard InChI is InChI=1S/C18H21N7OS/c1-11-10-12(2)21-17(20-11)23-15-7-5-4-6-14(15)16(26)19-8-9-27-18-22-13(3)24-25-18/h4-7,10H,8-9H2,1-3H3,(H,19,26)(H,20,21,23)(H,22,24,25). The van der Waals surface area contributed by atoms with E-state index in [0.717, 1.165) is 17.2 Å². The first-order chi connectivity index (χ1) is 13.0. The fraction of sp³-hybridized carbons (Fsp3) is 0.278. The molecule has 1 amide bonds. The van der Waals surface area contributed by atoms with Crippen LogP contribution in [0.15, 0.2) is 35.5 Å². The number of hydrogen-bond donors (Lipinski definition) is 3. The van der Waals surface area contributed by atoms with Crippen molar-refractivity contribution in [3.63, 3.8) is 0 Å². The van der Waals surface area contributed by atoms with Crippen molar-refractivity contribution >= 4 is 29.3 Å². The molecule has 1 aromatic carbocycles. The molecule has 3 aromatic rings. The Bertz CT molecular complexity index is 921. The Kier molecular flexibility index (Phi) is 6.02. The fourth-order valence-electron chi connectivity index (χ4n) is 2.48. The lowest BCUT2D eigenvalue weighted by Gasteiger charge is -2.12. The number of aromatic amines is 1. The molecule has 0 saturated carbocycles. The van der Waals surface area contributed by atoms with Crippen molar-refractivity contribution in [2.75, 3.05) is 17.6 Å². The topological polar surface area (TPSA) is 108 Å². The lowest BCUT2D eigenvalue weighted by atomic mass is 10.1. The van der Waals surface area contributed by atoms with Crippen LogP contribution in [0.4, 0.5) is 11.6 Å². The Morgan fingerprint density at radius 3 is 2.56 bits per heavy atom. The highest BCUT2D eigenvalue weighted by Gasteiger charge is 2.12. The number of thioether (sulfide) groups is 1. The maximum absolute atomic E-state index is 12.6. The molecular formula is C18H21N7OS. The summed E-state index contributed by atoms with van der Waals surface area (Å²) in [5, 5.41) is 13.6. The molecule has 3 rings (SSSR count). The van der Waals surface area contributed by atoms with Gasteiger partial charge in [-0.15, -0.1) is 5.10 Å². The summed E-state index contributed by atoms with van der Waals surface area (Å²) in [6.07, 6.45) is 0. The van der Waals surface area contributed by atoms with Gasteiger partial charge in [-0.05, 0) is 39.0 Å².